The van der Waals surface area contributed by atoms with Crippen LogP contribution < -0.4 is 10.1 Å². The molecule has 5 heteroatoms. The molecule has 0 radical (unpaired) electrons. The van der Waals surface area contributed by atoms with Crippen LogP contribution in [-0.2, 0) is 17.8 Å². The molecular weight excluding hydrogens is 326 g/mol. The highest BCUT2D eigenvalue weighted by molar-refractivity contribution is 5.77. The van der Waals surface area contributed by atoms with E-state index < -0.39 is 0 Å². The maximum absolute atomic E-state index is 11.9. The minimum Gasteiger partial charge on any atom is -0.484 e. The first kappa shape index (κ1) is 17.7. The van der Waals surface area contributed by atoms with Gasteiger partial charge in [0.1, 0.15) is 11.6 Å². The number of hydrogen-bond donors (Lipinski definition) is 1. The van der Waals surface area contributed by atoms with Gasteiger partial charge in [0.2, 0.25) is 0 Å². The first-order chi connectivity index (χ1) is 12.7. The Hall–Kier alpha value is -3.08. The zero-order valence-corrected chi connectivity index (χ0v) is 14.9. The summed E-state index contributed by atoms with van der Waals surface area (Å²) in [6, 6.07) is 17.9. The number of aryl methyl sites for hydroxylation is 1. The minimum absolute atomic E-state index is 0.0158. The number of nitrogens with zero attached hydrogens (tertiary/aromatic N) is 2. The van der Waals surface area contributed by atoms with E-state index in [0.29, 0.717) is 18.7 Å². The van der Waals surface area contributed by atoms with Crippen LogP contribution in [0.3, 0.4) is 0 Å². The second-order valence-electron chi connectivity index (χ2n) is 6.16. The largest absolute Gasteiger partial charge is 0.484 e. The molecule has 0 bridgehead atoms. The molecule has 0 spiro atoms. The van der Waals surface area contributed by atoms with Gasteiger partial charge < -0.3 is 14.6 Å². The number of aromatic nitrogens is 2. The van der Waals surface area contributed by atoms with E-state index in [0.717, 1.165) is 17.9 Å². The molecule has 3 rings (SSSR count). The van der Waals surface area contributed by atoms with E-state index >= 15 is 0 Å². The zero-order valence-electron chi connectivity index (χ0n) is 14.9. The van der Waals surface area contributed by atoms with Gasteiger partial charge in [0.05, 0.1) is 0 Å². The molecule has 1 N–H and O–H groups in total. The van der Waals surface area contributed by atoms with Crippen LogP contribution in [-0.4, -0.2) is 28.6 Å². The van der Waals surface area contributed by atoms with Crippen LogP contribution in [0.4, 0.5) is 0 Å². The lowest BCUT2D eigenvalue weighted by Gasteiger charge is -2.10. The lowest BCUT2D eigenvalue weighted by molar-refractivity contribution is -0.123. The third-order valence-electron chi connectivity index (χ3n) is 4.03. The van der Waals surface area contributed by atoms with E-state index in [2.05, 4.69) is 27.0 Å². The lowest BCUT2D eigenvalue weighted by Crippen LogP contribution is -2.31. The summed E-state index contributed by atoms with van der Waals surface area (Å²) in [7, 11) is 0. The standard InChI is InChI=1S/C21H23N3O2/c1-17-6-5-9-19(14-17)26-16-21(25)23-11-10-20-22-12-13-24(20)15-18-7-3-2-4-8-18/h2-9,12-14H,10-11,15-16H2,1H3,(H,23,25). The van der Waals surface area contributed by atoms with E-state index in [-0.39, 0.29) is 12.5 Å². The molecule has 134 valence electrons. The maximum Gasteiger partial charge on any atom is 0.257 e. The molecule has 1 aromatic heterocycles. The van der Waals surface area contributed by atoms with Crippen molar-refractivity contribution in [1.82, 2.24) is 14.9 Å². The van der Waals surface area contributed by atoms with Crippen molar-refractivity contribution in [3.05, 3.63) is 83.9 Å². The Morgan fingerprint density at radius 2 is 2.00 bits per heavy atom. The Bertz CT molecular complexity index is 843. The fraction of sp³-hybridized carbons (Fsp3) is 0.238. The van der Waals surface area contributed by atoms with Crippen molar-refractivity contribution in [2.24, 2.45) is 0 Å². The van der Waals surface area contributed by atoms with Gasteiger partial charge in [0.15, 0.2) is 6.61 Å². The van der Waals surface area contributed by atoms with E-state index in [1.54, 1.807) is 6.20 Å². The predicted molar refractivity (Wildman–Crippen MR) is 101 cm³/mol. The number of amides is 1. The van der Waals surface area contributed by atoms with Gasteiger partial charge in [-0.25, -0.2) is 4.98 Å². The van der Waals surface area contributed by atoms with Gasteiger partial charge in [0.25, 0.3) is 5.91 Å². The molecule has 1 heterocycles. The molecule has 0 atom stereocenters. The molecular formula is C21H23N3O2. The summed E-state index contributed by atoms with van der Waals surface area (Å²) >= 11 is 0. The molecule has 5 nitrogen and oxygen atoms in total. The van der Waals surface area contributed by atoms with Crippen LogP contribution in [0.1, 0.15) is 17.0 Å². The molecule has 26 heavy (non-hydrogen) atoms. The van der Waals surface area contributed by atoms with Gasteiger partial charge >= 0.3 is 0 Å². The Morgan fingerprint density at radius 3 is 2.81 bits per heavy atom. The number of carbonyl (C=O) groups excluding carboxylic acids is 1. The first-order valence-corrected chi connectivity index (χ1v) is 8.71. The van der Waals surface area contributed by atoms with E-state index in [9.17, 15) is 4.79 Å². The predicted octanol–water partition coefficient (Wildman–Crippen LogP) is 2.98. The van der Waals surface area contributed by atoms with E-state index in [1.807, 2.05) is 55.6 Å². The van der Waals surface area contributed by atoms with Gasteiger partial charge in [-0.15, -0.1) is 0 Å². The fourth-order valence-corrected chi connectivity index (χ4v) is 2.71. The summed E-state index contributed by atoms with van der Waals surface area (Å²) in [5.41, 5.74) is 2.33. The third kappa shape index (κ3) is 5.21. The maximum atomic E-state index is 11.9. The molecule has 0 aliphatic carbocycles. The second kappa shape index (κ2) is 8.85. The van der Waals surface area contributed by atoms with Crippen LogP contribution in [0.5, 0.6) is 5.75 Å². The quantitative estimate of drug-likeness (QED) is 0.680. The second-order valence-corrected chi connectivity index (χ2v) is 6.16. The number of nitrogens with one attached hydrogen (secondary N) is 1. The van der Waals surface area contributed by atoms with Crippen molar-refractivity contribution in [2.45, 2.75) is 19.9 Å². The number of carbonyl (C=O) groups is 1. The number of hydrogen-bond acceptors (Lipinski definition) is 3. The number of benzene rings is 2. The van der Waals surface area contributed by atoms with Gasteiger partial charge in [-0.05, 0) is 30.2 Å². The molecule has 1 amide bonds. The normalized spacial score (nSPS) is 10.5. The summed E-state index contributed by atoms with van der Waals surface area (Å²) in [5.74, 6) is 1.53. The Balaban J connectivity index is 1.43. The topological polar surface area (TPSA) is 56.1 Å². The van der Waals surface area contributed by atoms with Crippen molar-refractivity contribution < 1.29 is 9.53 Å². The van der Waals surface area contributed by atoms with Gasteiger partial charge in [-0.1, -0.05) is 42.5 Å². The summed E-state index contributed by atoms with van der Waals surface area (Å²) in [4.78, 5) is 16.3. The summed E-state index contributed by atoms with van der Waals surface area (Å²) in [6.45, 7) is 3.31. The van der Waals surface area contributed by atoms with Crippen LogP contribution in [0.2, 0.25) is 0 Å². The smallest absolute Gasteiger partial charge is 0.257 e. The summed E-state index contributed by atoms with van der Waals surface area (Å²) in [5, 5.41) is 2.88. The summed E-state index contributed by atoms with van der Waals surface area (Å²) in [6.07, 6.45) is 4.43. The molecule has 0 saturated heterocycles. The van der Waals surface area contributed by atoms with Crippen molar-refractivity contribution >= 4 is 5.91 Å². The molecule has 2 aromatic carbocycles. The minimum atomic E-state index is -0.132. The van der Waals surface area contributed by atoms with Crippen molar-refractivity contribution in [3.63, 3.8) is 0 Å². The molecule has 3 aromatic rings. The fourth-order valence-electron chi connectivity index (χ4n) is 2.71. The van der Waals surface area contributed by atoms with Crippen molar-refractivity contribution in [3.8, 4) is 5.75 Å². The molecule has 0 aliphatic heterocycles. The van der Waals surface area contributed by atoms with Crippen molar-refractivity contribution in [1.29, 1.82) is 0 Å². The highest BCUT2D eigenvalue weighted by Gasteiger charge is 2.06. The van der Waals surface area contributed by atoms with Crippen molar-refractivity contribution in [2.75, 3.05) is 13.2 Å². The van der Waals surface area contributed by atoms with Crippen LogP contribution in [0.15, 0.2) is 67.0 Å². The SMILES string of the molecule is Cc1cccc(OCC(=O)NCCc2nccn2Cc2ccccc2)c1. The first-order valence-electron chi connectivity index (χ1n) is 8.71. The zero-order chi connectivity index (χ0) is 18.2. The average Bonchev–Trinajstić information content (AvgIpc) is 3.08. The Kier molecular flexibility index (Phi) is 6.04. The number of rotatable bonds is 8. The molecule has 0 fully saturated rings. The molecule has 0 unspecified atom stereocenters. The van der Waals surface area contributed by atoms with E-state index in [1.165, 1.54) is 5.56 Å². The van der Waals surface area contributed by atoms with Crippen LogP contribution in [0, 0.1) is 6.92 Å². The lowest BCUT2D eigenvalue weighted by atomic mass is 10.2. The number of ether oxygens (including phenoxy) is 1. The van der Waals surface area contributed by atoms with Crippen LogP contribution in [0.25, 0.3) is 0 Å². The summed E-state index contributed by atoms with van der Waals surface area (Å²) < 4.78 is 7.61. The van der Waals surface area contributed by atoms with Gasteiger partial charge in [-0.2, -0.15) is 0 Å². The van der Waals surface area contributed by atoms with Crippen LogP contribution >= 0.6 is 0 Å². The Morgan fingerprint density at radius 1 is 1.15 bits per heavy atom. The highest BCUT2D eigenvalue weighted by Crippen LogP contribution is 2.12. The number of imidazole rings is 1. The molecule has 0 aliphatic rings. The monoisotopic (exact) mass is 349 g/mol. The Labute approximate surface area is 153 Å². The third-order valence-corrected chi connectivity index (χ3v) is 4.03. The van der Waals surface area contributed by atoms with Gasteiger partial charge in [0, 0.05) is 31.9 Å². The van der Waals surface area contributed by atoms with E-state index in [4.69, 9.17) is 4.74 Å². The highest BCUT2D eigenvalue weighted by atomic mass is 16.5. The van der Waals surface area contributed by atoms with Gasteiger partial charge in [-0.3, -0.25) is 4.79 Å². The average molecular weight is 349 g/mol. The molecule has 0 saturated carbocycles.